The zero-order valence-electron chi connectivity index (χ0n) is 5.39. The van der Waals surface area contributed by atoms with Gasteiger partial charge in [-0.1, -0.05) is 20.3 Å². The predicted octanol–water partition coefficient (Wildman–Crippen LogP) is 1.78. The molecule has 1 radical (unpaired) electrons. The first kappa shape index (κ1) is 6.09. The molecule has 0 aromatic rings. The largest absolute Gasteiger partial charge is 0.370 e. The SMILES string of the molecule is [CH2]CCC1OC1CC. The highest BCUT2D eigenvalue weighted by atomic mass is 16.6. The summed E-state index contributed by atoms with van der Waals surface area (Å²) in [4.78, 5) is 0. The van der Waals surface area contributed by atoms with Gasteiger partial charge in [-0.2, -0.15) is 0 Å². The van der Waals surface area contributed by atoms with Gasteiger partial charge in [-0.15, -0.1) is 0 Å². The van der Waals surface area contributed by atoms with Crippen molar-refractivity contribution in [3.8, 4) is 0 Å². The standard InChI is InChI=1S/C7H13O/c1-3-5-7-6(4-2)8-7/h6-7H,1,3-5H2,2H3. The lowest BCUT2D eigenvalue weighted by Crippen LogP contribution is -1.89. The van der Waals surface area contributed by atoms with Crippen molar-refractivity contribution in [2.75, 3.05) is 0 Å². The van der Waals surface area contributed by atoms with Crippen molar-refractivity contribution < 1.29 is 4.74 Å². The van der Waals surface area contributed by atoms with Crippen molar-refractivity contribution >= 4 is 0 Å². The Bertz CT molecular complexity index is 70.8. The molecule has 0 aromatic heterocycles. The first-order valence-electron chi connectivity index (χ1n) is 3.33. The molecule has 0 aromatic carbocycles. The molecule has 1 saturated heterocycles. The molecule has 2 atom stereocenters. The van der Waals surface area contributed by atoms with Crippen LogP contribution in [0.2, 0.25) is 0 Å². The van der Waals surface area contributed by atoms with Crippen LogP contribution in [0, 0.1) is 6.92 Å². The van der Waals surface area contributed by atoms with Crippen molar-refractivity contribution in [1.82, 2.24) is 0 Å². The lowest BCUT2D eigenvalue weighted by molar-refractivity contribution is 0.360. The van der Waals surface area contributed by atoms with E-state index in [9.17, 15) is 0 Å². The minimum absolute atomic E-state index is 0.567. The van der Waals surface area contributed by atoms with Crippen molar-refractivity contribution in [3.63, 3.8) is 0 Å². The zero-order chi connectivity index (χ0) is 5.98. The Labute approximate surface area is 51.0 Å². The molecule has 0 amide bonds. The van der Waals surface area contributed by atoms with E-state index in [4.69, 9.17) is 4.74 Å². The smallest absolute Gasteiger partial charge is 0.0841 e. The summed E-state index contributed by atoms with van der Waals surface area (Å²) in [6.45, 7) is 5.92. The Kier molecular flexibility index (Phi) is 1.90. The molecule has 1 nitrogen and oxygen atoms in total. The molecule has 1 rings (SSSR count). The maximum atomic E-state index is 5.27. The predicted molar refractivity (Wildman–Crippen MR) is 33.5 cm³/mol. The summed E-state index contributed by atoms with van der Waals surface area (Å²) in [5.41, 5.74) is 0. The highest BCUT2D eigenvalue weighted by molar-refractivity contribution is 4.82. The summed E-state index contributed by atoms with van der Waals surface area (Å²) >= 11 is 0. The summed E-state index contributed by atoms with van der Waals surface area (Å²) in [5.74, 6) is 0. The van der Waals surface area contributed by atoms with Gasteiger partial charge in [0.15, 0.2) is 0 Å². The van der Waals surface area contributed by atoms with E-state index in [1.165, 1.54) is 6.42 Å². The number of hydrogen-bond donors (Lipinski definition) is 0. The van der Waals surface area contributed by atoms with Crippen molar-refractivity contribution in [1.29, 1.82) is 0 Å². The van der Waals surface area contributed by atoms with Gasteiger partial charge in [0.1, 0.15) is 0 Å². The highest BCUT2D eigenvalue weighted by Gasteiger charge is 2.35. The normalized spacial score (nSPS) is 35.2. The third-order valence-corrected chi connectivity index (χ3v) is 1.58. The zero-order valence-corrected chi connectivity index (χ0v) is 5.39. The Hall–Kier alpha value is -0.0400. The Balaban J connectivity index is 1.99. The topological polar surface area (TPSA) is 12.5 Å². The molecule has 0 N–H and O–H groups in total. The van der Waals surface area contributed by atoms with Crippen molar-refractivity contribution in [3.05, 3.63) is 6.92 Å². The van der Waals surface area contributed by atoms with Crippen LogP contribution in [0.5, 0.6) is 0 Å². The van der Waals surface area contributed by atoms with Gasteiger partial charge in [0.05, 0.1) is 12.2 Å². The first-order chi connectivity index (χ1) is 3.88. The summed E-state index contributed by atoms with van der Waals surface area (Å²) < 4.78 is 5.27. The van der Waals surface area contributed by atoms with Crippen LogP contribution in [0.25, 0.3) is 0 Å². The molecule has 2 unspecified atom stereocenters. The Morgan fingerprint density at radius 1 is 1.50 bits per heavy atom. The van der Waals surface area contributed by atoms with Crippen LogP contribution in [0.3, 0.4) is 0 Å². The minimum Gasteiger partial charge on any atom is -0.370 e. The fourth-order valence-corrected chi connectivity index (χ4v) is 0.993. The number of rotatable bonds is 3. The van der Waals surface area contributed by atoms with Gasteiger partial charge < -0.3 is 4.74 Å². The van der Waals surface area contributed by atoms with Gasteiger partial charge in [0, 0.05) is 0 Å². The molecular weight excluding hydrogens is 100 g/mol. The molecule has 47 valence electrons. The number of ether oxygens (including phenoxy) is 1. The highest BCUT2D eigenvalue weighted by Crippen LogP contribution is 2.28. The molecule has 0 saturated carbocycles. The van der Waals surface area contributed by atoms with E-state index in [1.54, 1.807) is 0 Å². The van der Waals surface area contributed by atoms with E-state index in [0.717, 1.165) is 12.8 Å². The molecule has 8 heavy (non-hydrogen) atoms. The third kappa shape index (κ3) is 1.22. The van der Waals surface area contributed by atoms with Crippen LogP contribution in [0.1, 0.15) is 26.2 Å². The van der Waals surface area contributed by atoms with E-state index in [-0.39, 0.29) is 0 Å². The second-order valence-electron chi connectivity index (χ2n) is 2.26. The molecule has 0 spiro atoms. The van der Waals surface area contributed by atoms with Gasteiger partial charge in [0.2, 0.25) is 0 Å². The fraction of sp³-hybridized carbons (Fsp3) is 0.857. The maximum absolute atomic E-state index is 5.27. The van der Waals surface area contributed by atoms with Crippen molar-refractivity contribution in [2.24, 2.45) is 0 Å². The quantitative estimate of drug-likeness (QED) is 0.508. The fourth-order valence-electron chi connectivity index (χ4n) is 0.993. The molecule has 0 aliphatic carbocycles. The number of hydrogen-bond acceptors (Lipinski definition) is 1. The molecule has 1 heterocycles. The summed E-state index contributed by atoms with van der Waals surface area (Å²) in [6, 6.07) is 0. The monoisotopic (exact) mass is 113 g/mol. The van der Waals surface area contributed by atoms with Crippen LogP contribution in [-0.2, 0) is 4.74 Å². The van der Waals surface area contributed by atoms with E-state index < -0.39 is 0 Å². The van der Waals surface area contributed by atoms with Crippen LogP contribution in [-0.4, -0.2) is 12.2 Å². The van der Waals surface area contributed by atoms with Gasteiger partial charge >= 0.3 is 0 Å². The summed E-state index contributed by atoms with van der Waals surface area (Å²) in [6.07, 6.45) is 4.49. The Morgan fingerprint density at radius 3 is 2.62 bits per heavy atom. The molecule has 1 aliphatic heterocycles. The number of epoxide rings is 1. The van der Waals surface area contributed by atoms with Crippen LogP contribution in [0.4, 0.5) is 0 Å². The Morgan fingerprint density at radius 2 is 2.25 bits per heavy atom. The third-order valence-electron chi connectivity index (χ3n) is 1.58. The maximum Gasteiger partial charge on any atom is 0.0841 e. The molecule has 1 heteroatoms. The second-order valence-corrected chi connectivity index (χ2v) is 2.26. The van der Waals surface area contributed by atoms with E-state index in [2.05, 4.69) is 13.8 Å². The second kappa shape index (κ2) is 2.49. The van der Waals surface area contributed by atoms with Gasteiger partial charge in [-0.25, -0.2) is 0 Å². The van der Waals surface area contributed by atoms with Gasteiger partial charge in [-0.05, 0) is 12.8 Å². The summed E-state index contributed by atoms with van der Waals surface area (Å²) in [7, 11) is 0. The van der Waals surface area contributed by atoms with Crippen LogP contribution < -0.4 is 0 Å². The molecule has 1 aliphatic rings. The lowest BCUT2D eigenvalue weighted by atomic mass is 10.2. The average Bonchev–Trinajstić information content (AvgIpc) is 2.48. The van der Waals surface area contributed by atoms with E-state index in [1.807, 2.05) is 0 Å². The first-order valence-corrected chi connectivity index (χ1v) is 3.33. The minimum atomic E-state index is 0.567. The average molecular weight is 113 g/mol. The van der Waals surface area contributed by atoms with Crippen molar-refractivity contribution in [2.45, 2.75) is 38.4 Å². The molecule has 0 bridgehead atoms. The molecular formula is C7H13O. The van der Waals surface area contributed by atoms with Gasteiger partial charge in [0.25, 0.3) is 0 Å². The van der Waals surface area contributed by atoms with Crippen LogP contribution >= 0.6 is 0 Å². The van der Waals surface area contributed by atoms with E-state index >= 15 is 0 Å². The van der Waals surface area contributed by atoms with Crippen LogP contribution in [0.15, 0.2) is 0 Å². The van der Waals surface area contributed by atoms with E-state index in [0.29, 0.717) is 12.2 Å². The molecule has 1 fully saturated rings. The van der Waals surface area contributed by atoms with Gasteiger partial charge in [-0.3, -0.25) is 0 Å². The lowest BCUT2D eigenvalue weighted by Gasteiger charge is -1.83. The summed E-state index contributed by atoms with van der Waals surface area (Å²) in [5, 5.41) is 0.